The van der Waals surface area contributed by atoms with Crippen molar-refractivity contribution in [2.45, 2.75) is 26.4 Å². The van der Waals surface area contributed by atoms with Crippen LogP contribution in [-0.2, 0) is 4.74 Å². The van der Waals surface area contributed by atoms with Crippen molar-refractivity contribution in [2.24, 2.45) is 0 Å². The first-order valence-corrected chi connectivity index (χ1v) is 6.18. The van der Waals surface area contributed by atoms with Gasteiger partial charge in [-0.15, -0.1) is 11.3 Å². The number of nitrogens with zero attached hydrogens (tertiary/aromatic N) is 1. The quantitative estimate of drug-likeness (QED) is 0.780. The van der Waals surface area contributed by atoms with Gasteiger partial charge < -0.3 is 9.64 Å². The molecular formula is C12H17NO3S. The highest BCUT2D eigenvalue weighted by atomic mass is 32.1. The summed E-state index contributed by atoms with van der Waals surface area (Å²) in [5, 5.41) is 1.83. The number of rotatable bonds is 3. The summed E-state index contributed by atoms with van der Waals surface area (Å²) in [6.07, 6.45) is -0.484. The molecule has 0 aliphatic rings. The Morgan fingerprint density at radius 1 is 1.41 bits per heavy atom. The van der Waals surface area contributed by atoms with E-state index in [1.54, 1.807) is 33.9 Å². The van der Waals surface area contributed by atoms with Crippen LogP contribution in [0.1, 0.15) is 30.4 Å². The van der Waals surface area contributed by atoms with Crippen LogP contribution in [-0.4, -0.2) is 36.0 Å². The fourth-order valence-corrected chi connectivity index (χ4v) is 1.79. The predicted molar refractivity (Wildman–Crippen MR) is 67.5 cm³/mol. The lowest BCUT2D eigenvalue weighted by Crippen LogP contribution is -2.37. The third-order valence-corrected chi connectivity index (χ3v) is 2.79. The van der Waals surface area contributed by atoms with Crippen molar-refractivity contribution in [2.75, 3.05) is 13.6 Å². The molecule has 0 aliphatic heterocycles. The molecule has 4 nitrogen and oxygen atoms in total. The zero-order valence-electron chi connectivity index (χ0n) is 10.5. The van der Waals surface area contributed by atoms with Crippen molar-refractivity contribution < 1.29 is 14.3 Å². The number of thiophene rings is 1. The van der Waals surface area contributed by atoms with Gasteiger partial charge in [0, 0.05) is 7.05 Å². The standard InChI is InChI=1S/C12H17NO3S/c1-12(2,3)16-11(15)13(4)8-9(14)10-6-5-7-17-10/h5-7H,8H2,1-4H3. The highest BCUT2D eigenvalue weighted by Crippen LogP contribution is 2.12. The summed E-state index contributed by atoms with van der Waals surface area (Å²) in [7, 11) is 1.56. The van der Waals surface area contributed by atoms with E-state index in [9.17, 15) is 9.59 Å². The first kappa shape index (κ1) is 13.7. The number of Topliss-reactive ketones (excluding diaryl/α,β-unsaturated/α-hetero) is 1. The molecule has 0 saturated heterocycles. The van der Waals surface area contributed by atoms with Crippen LogP contribution < -0.4 is 0 Å². The minimum absolute atomic E-state index is 0.0371. The summed E-state index contributed by atoms with van der Waals surface area (Å²) in [5.41, 5.74) is -0.544. The minimum Gasteiger partial charge on any atom is -0.444 e. The van der Waals surface area contributed by atoms with E-state index in [1.807, 2.05) is 11.4 Å². The van der Waals surface area contributed by atoms with Crippen molar-refractivity contribution in [3.05, 3.63) is 22.4 Å². The minimum atomic E-state index is -0.544. The van der Waals surface area contributed by atoms with Crippen LogP contribution in [0, 0.1) is 0 Å². The second-order valence-electron chi connectivity index (χ2n) is 4.74. The maximum atomic E-state index is 11.7. The summed E-state index contributed by atoms with van der Waals surface area (Å²) >= 11 is 1.37. The van der Waals surface area contributed by atoms with E-state index in [1.165, 1.54) is 16.2 Å². The zero-order valence-corrected chi connectivity index (χ0v) is 11.3. The van der Waals surface area contributed by atoms with E-state index in [-0.39, 0.29) is 12.3 Å². The molecule has 0 radical (unpaired) electrons. The van der Waals surface area contributed by atoms with Gasteiger partial charge in [-0.25, -0.2) is 4.79 Å². The topological polar surface area (TPSA) is 46.6 Å². The third kappa shape index (κ3) is 4.56. The van der Waals surface area contributed by atoms with Gasteiger partial charge >= 0.3 is 6.09 Å². The molecule has 0 atom stereocenters. The van der Waals surface area contributed by atoms with Crippen LogP contribution in [0.15, 0.2) is 17.5 Å². The van der Waals surface area contributed by atoms with E-state index >= 15 is 0 Å². The van der Waals surface area contributed by atoms with E-state index in [2.05, 4.69) is 0 Å². The molecule has 0 aliphatic carbocycles. The van der Waals surface area contributed by atoms with Crippen molar-refractivity contribution in [1.29, 1.82) is 0 Å². The van der Waals surface area contributed by atoms with Gasteiger partial charge in [-0.2, -0.15) is 0 Å². The Balaban J connectivity index is 2.52. The first-order valence-electron chi connectivity index (χ1n) is 5.30. The van der Waals surface area contributed by atoms with Crippen LogP contribution in [0.5, 0.6) is 0 Å². The number of ether oxygens (including phenoxy) is 1. The molecule has 0 aromatic carbocycles. The van der Waals surface area contributed by atoms with Gasteiger partial charge in [-0.1, -0.05) is 6.07 Å². The number of amides is 1. The summed E-state index contributed by atoms with van der Waals surface area (Å²) < 4.78 is 5.16. The molecule has 0 spiro atoms. The van der Waals surface area contributed by atoms with Gasteiger partial charge in [0.1, 0.15) is 5.60 Å². The number of hydrogen-bond acceptors (Lipinski definition) is 4. The molecule has 1 aromatic heterocycles. The first-order chi connectivity index (χ1) is 7.79. The Morgan fingerprint density at radius 2 is 2.06 bits per heavy atom. The average molecular weight is 255 g/mol. The van der Waals surface area contributed by atoms with Crippen molar-refractivity contribution >= 4 is 23.2 Å². The lowest BCUT2D eigenvalue weighted by molar-refractivity contribution is 0.0295. The molecule has 1 amide bonds. The normalized spacial score (nSPS) is 11.1. The molecule has 1 heterocycles. The van der Waals surface area contributed by atoms with E-state index < -0.39 is 11.7 Å². The van der Waals surface area contributed by atoms with Gasteiger partial charge in [0.25, 0.3) is 0 Å². The van der Waals surface area contributed by atoms with Crippen LogP contribution in [0.4, 0.5) is 4.79 Å². The molecule has 0 unspecified atom stereocenters. The Hall–Kier alpha value is -1.36. The average Bonchev–Trinajstić information content (AvgIpc) is 2.67. The molecule has 0 fully saturated rings. The Labute approximate surface area is 105 Å². The van der Waals surface area contributed by atoms with E-state index in [4.69, 9.17) is 4.74 Å². The molecule has 94 valence electrons. The van der Waals surface area contributed by atoms with Crippen LogP contribution >= 0.6 is 11.3 Å². The zero-order chi connectivity index (χ0) is 13.1. The maximum Gasteiger partial charge on any atom is 0.410 e. The van der Waals surface area contributed by atoms with Crippen LogP contribution in [0.2, 0.25) is 0 Å². The van der Waals surface area contributed by atoms with Crippen LogP contribution in [0.3, 0.4) is 0 Å². The van der Waals surface area contributed by atoms with Crippen LogP contribution in [0.25, 0.3) is 0 Å². The van der Waals surface area contributed by atoms with Crippen molar-refractivity contribution in [1.82, 2.24) is 4.90 Å². The predicted octanol–water partition coefficient (Wildman–Crippen LogP) is 2.80. The molecule has 1 aromatic rings. The number of carbonyl (C=O) groups excluding carboxylic acids is 2. The smallest absolute Gasteiger partial charge is 0.410 e. The third-order valence-electron chi connectivity index (χ3n) is 1.88. The van der Waals surface area contributed by atoms with Gasteiger partial charge in [-0.05, 0) is 32.2 Å². The van der Waals surface area contributed by atoms with Crippen molar-refractivity contribution in [3.63, 3.8) is 0 Å². The van der Waals surface area contributed by atoms with Gasteiger partial charge in [0.05, 0.1) is 11.4 Å². The Kier molecular flexibility index (Phi) is 4.28. The number of hydrogen-bond donors (Lipinski definition) is 0. The lowest BCUT2D eigenvalue weighted by Gasteiger charge is -2.24. The fraction of sp³-hybridized carbons (Fsp3) is 0.500. The number of likely N-dealkylation sites (N-methyl/N-ethyl adjacent to an activating group) is 1. The summed E-state index contributed by atoms with van der Waals surface area (Å²) in [4.78, 5) is 25.3. The lowest BCUT2D eigenvalue weighted by atomic mass is 10.2. The second kappa shape index (κ2) is 5.31. The summed E-state index contributed by atoms with van der Waals surface area (Å²) in [6.45, 7) is 5.41. The molecular weight excluding hydrogens is 238 g/mol. The molecule has 0 bridgehead atoms. The van der Waals surface area contributed by atoms with Gasteiger partial charge in [0.15, 0.2) is 5.78 Å². The number of carbonyl (C=O) groups is 2. The molecule has 17 heavy (non-hydrogen) atoms. The summed E-state index contributed by atoms with van der Waals surface area (Å²) in [6, 6.07) is 3.56. The Morgan fingerprint density at radius 3 is 2.53 bits per heavy atom. The fourth-order valence-electron chi connectivity index (χ4n) is 1.13. The Bertz CT molecular complexity index is 392. The maximum absolute atomic E-state index is 11.7. The molecule has 0 N–H and O–H groups in total. The van der Waals surface area contributed by atoms with Gasteiger partial charge in [0.2, 0.25) is 0 Å². The summed E-state index contributed by atoms with van der Waals surface area (Å²) in [5.74, 6) is -0.0756. The largest absolute Gasteiger partial charge is 0.444 e. The number of ketones is 1. The van der Waals surface area contributed by atoms with Gasteiger partial charge in [-0.3, -0.25) is 4.79 Å². The second-order valence-corrected chi connectivity index (χ2v) is 5.68. The monoisotopic (exact) mass is 255 g/mol. The SMILES string of the molecule is CN(CC(=O)c1cccs1)C(=O)OC(C)(C)C. The molecule has 1 rings (SSSR count). The highest BCUT2D eigenvalue weighted by Gasteiger charge is 2.21. The van der Waals surface area contributed by atoms with Crippen molar-refractivity contribution in [3.8, 4) is 0 Å². The van der Waals surface area contributed by atoms with E-state index in [0.717, 1.165) is 0 Å². The molecule has 0 saturated carbocycles. The molecule has 5 heteroatoms. The highest BCUT2D eigenvalue weighted by molar-refractivity contribution is 7.12. The van der Waals surface area contributed by atoms with E-state index in [0.29, 0.717) is 4.88 Å².